The molecule has 0 bridgehead atoms. The third-order valence-corrected chi connectivity index (χ3v) is 4.74. The number of aliphatic imine (C=N–C) groups is 1. The van der Waals surface area contributed by atoms with E-state index in [2.05, 4.69) is 20.9 Å². The van der Waals surface area contributed by atoms with E-state index in [1.807, 2.05) is 0 Å². The van der Waals surface area contributed by atoms with Gasteiger partial charge in [-0.2, -0.15) is 0 Å². The highest BCUT2D eigenvalue weighted by Crippen LogP contribution is 2.04. The molecule has 0 aliphatic rings. The van der Waals surface area contributed by atoms with E-state index in [9.17, 15) is 29.4 Å². The van der Waals surface area contributed by atoms with Crippen molar-refractivity contribution >= 4 is 29.7 Å². The van der Waals surface area contributed by atoms with E-state index in [1.165, 1.54) is 6.92 Å². The van der Waals surface area contributed by atoms with Gasteiger partial charge in [0.2, 0.25) is 17.7 Å². The number of aliphatic carboxylic acids is 1. The highest BCUT2D eigenvalue weighted by Gasteiger charge is 2.26. The van der Waals surface area contributed by atoms with Crippen LogP contribution in [0, 0.1) is 0 Å². The number of guanidine groups is 1. The Hall–Kier alpha value is -3.71. The molecule has 0 aromatic heterocycles. The normalized spacial score (nSPS) is 14.1. The van der Waals surface area contributed by atoms with Crippen LogP contribution < -0.4 is 33.2 Å². The summed E-state index contributed by atoms with van der Waals surface area (Å²) in [6, 6.07) is 5.22. The lowest BCUT2D eigenvalue weighted by molar-refractivity contribution is -0.141. The number of carbonyl (C=O) groups excluding carboxylic acids is 3. The lowest BCUT2D eigenvalue weighted by Crippen LogP contribution is -2.55. The number of hydrogen-bond acceptors (Lipinski definition) is 7. The second kappa shape index (κ2) is 14.4. The molecule has 0 radical (unpaired) electrons. The second-order valence-corrected chi connectivity index (χ2v) is 7.64. The van der Waals surface area contributed by atoms with Gasteiger partial charge in [0.05, 0.1) is 12.6 Å². The van der Waals surface area contributed by atoms with E-state index in [1.54, 1.807) is 30.3 Å². The molecular formula is C21H33N7O6. The number of amides is 3. The van der Waals surface area contributed by atoms with Gasteiger partial charge in [0.1, 0.15) is 18.1 Å². The van der Waals surface area contributed by atoms with Gasteiger partial charge in [-0.05, 0) is 25.3 Å². The minimum absolute atomic E-state index is 0.0660. The van der Waals surface area contributed by atoms with Gasteiger partial charge in [0.25, 0.3) is 0 Å². The molecule has 4 unspecified atom stereocenters. The number of nitrogens with zero attached hydrogens (tertiary/aromatic N) is 1. The van der Waals surface area contributed by atoms with Crippen LogP contribution >= 0.6 is 0 Å². The molecule has 0 aliphatic carbocycles. The maximum absolute atomic E-state index is 12.6. The van der Waals surface area contributed by atoms with Crippen molar-refractivity contribution in [2.45, 2.75) is 50.4 Å². The van der Waals surface area contributed by atoms with E-state index in [0.29, 0.717) is 6.42 Å². The van der Waals surface area contributed by atoms with Crippen LogP contribution in [-0.4, -0.2) is 77.2 Å². The summed E-state index contributed by atoms with van der Waals surface area (Å²) in [4.78, 5) is 52.4. The summed E-state index contributed by atoms with van der Waals surface area (Å²) in [5, 5.41) is 26.0. The van der Waals surface area contributed by atoms with Crippen molar-refractivity contribution in [3.8, 4) is 0 Å². The van der Waals surface area contributed by atoms with Crippen LogP contribution in [0.1, 0.15) is 25.3 Å². The molecular weight excluding hydrogens is 446 g/mol. The van der Waals surface area contributed by atoms with Crippen molar-refractivity contribution in [2.75, 3.05) is 13.1 Å². The Morgan fingerprint density at radius 1 is 1.03 bits per heavy atom. The summed E-state index contributed by atoms with van der Waals surface area (Å²) in [6.45, 7) is 1.02. The minimum Gasteiger partial charge on any atom is -0.480 e. The standard InChI is InChI=1S/C21H33N7O6/c1-12(29)17(22)19(32)28-14(8-5-9-25-21(23)24)18(31)26-11-16(30)27-15(20(33)34)10-13-6-3-2-4-7-13/h2-4,6-7,12,14-15,17,29H,5,8-11,22H2,1H3,(H,26,31)(H,27,30)(H,28,32)(H,33,34)(H4,23,24,25). The number of benzene rings is 1. The van der Waals surface area contributed by atoms with Gasteiger partial charge in [-0.25, -0.2) is 4.79 Å². The molecule has 0 saturated carbocycles. The Labute approximate surface area is 197 Å². The Bertz CT molecular complexity index is 858. The highest BCUT2D eigenvalue weighted by atomic mass is 16.4. The second-order valence-electron chi connectivity index (χ2n) is 7.64. The fourth-order valence-corrected chi connectivity index (χ4v) is 2.85. The molecule has 13 heteroatoms. The van der Waals surface area contributed by atoms with Crippen molar-refractivity contribution in [1.82, 2.24) is 16.0 Å². The zero-order chi connectivity index (χ0) is 25.7. The zero-order valence-electron chi connectivity index (χ0n) is 18.9. The maximum atomic E-state index is 12.6. The lowest BCUT2D eigenvalue weighted by atomic mass is 10.1. The fourth-order valence-electron chi connectivity index (χ4n) is 2.85. The number of carbonyl (C=O) groups is 4. The topological polar surface area (TPSA) is 235 Å². The van der Waals surface area contributed by atoms with Gasteiger partial charge < -0.3 is 43.4 Å². The van der Waals surface area contributed by atoms with E-state index in [-0.39, 0.29) is 25.3 Å². The fraction of sp³-hybridized carbons (Fsp3) is 0.476. The Balaban J connectivity index is 2.71. The molecule has 0 aliphatic heterocycles. The molecule has 0 heterocycles. The van der Waals surface area contributed by atoms with Crippen LogP contribution in [0.5, 0.6) is 0 Å². The first-order valence-corrected chi connectivity index (χ1v) is 10.6. The van der Waals surface area contributed by atoms with Crippen LogP contribution in [0.25, 0.3) is 0 Å². The maximum Gasteiger partial charge on any atom is 0.326 e. The average molecular weight is 480 g/mol. The summed E-state index contributed by atoms with van der Waals surface area (Å²) in [5.74, 6) is -3.51. The number of carboxylic acids is 1. The summed E-state index contributed by atoms with van der Waals surface area (Å²) in [6.07, 6.45) is -0.635. The monoisotopic (exact) mass is 479 g/mol. The number of nitrogens with one attached hydrogen (secondary N) is 3. The summed E-state index contributed by atoms with van der Waals surface area (Å²) < 4.78 is 0. The van der Waals surface area contributed by atoms with Gasteiger partial charge in [-0.1, -0.05) is 30.3 Å². The molecule has 188 valence electrons. The molecule has 0 fully saturated rings. The van der Waals surface area contributed by atoms with Gasteiger partial charge in [0.15, 0.2) is 5.96 Å². The quantitative estimate of drug-likeness (QED) is 0.0778. The first-order chi connectivity index (χ1) is 16.0. The minimum atomic E-state index is -1.26. The van der Waals surface area contributed by atoms with Crippen LogP contribution in [0.15, 0.2) is 35.3 Å². The predicted octanol–water partition coefficient (Wildman–Crippen LogP) is -2.84. The van der Waals surface area contributed by atoms with Crippen LogP contribution in [0.4, 0.5) is 0 Å². The van der Waals surface area contributed by atoms with Gasteiger partial charge >= 0.3 is 5.97 Å². The van der Waals surface area contributed by atoms with E-state index in [0.717, 1.165) is 5.56 Å². The molecule has 13 nitrogen and oxygen atoms in total. The lowest BCUT2D eigenvalue weighted by Gasteiger charge is -2.22. The highest BCUT2D eigenvalue weighted by molar-refractivity contribution is 5.92. The van der Waals surface area contributed by atoms with Crippen molar-refractivity contribution in [3.63, 3.8) is 0 Å². The molecule has 34 heavy (non-hydrogen) atoms. The smallest absolute Gasteiger partial charge is 0.326 e. The third kappa shape index (κ3) is 10.7. The van der Waals surface area contributed by atoms with Crippen molar-refractivity contribution in [2.24, 2.45) is 22.2 Å². The van der Waals surface area contributed by atoms with Crippen molar-refractivity contribution < 1.29 is 29.4 Å². The van der Waals surface area contributed by atoms with E-state index < -0.39 is 54.5 Å². The predicted molar refractivity (Wildman–Crippen MR) is 124 cm³/mol. The number of hydrogen-bond donors (Lipinski definition) is 8. The first kappa shape index (κ1) is 28.3. The SMILES string of the molecule is CC(O)C(N)C(=O)NC(CCCN=C(N)N)C(=O)NCC(=O)NC(Cc1ccccc1)C(=O)O. The molecule has 3 amide bonds. The Morgan fingerprint density at radius 2 is 1.68 bits per heavy atom. The van der Waals surface area contributed by atoms with Crippen LogP contribution in [0.3, 0.4) is 0 Å². The molecule has 1 aromatic rings. The number of rotatable bonds is 14. The first-order valence-electron chi connectivity index (χ1n) is 10.6. The van der Waals surface area contributed by atoms with Gasteiger partial charge in [0, 0.05) is 13.0 Å². The van der Waals surface area contributed by atoms with Gasteiger partial charge in [-0.3, -0.25) is 19.4 Å². The Morgan fingerprint density at radius 3 is 2.24 bits per heavy atom. The molecule has 4 atom stereocenters. The zero-order valence-corrected chi connectivity index (χ0v) is 18.9. The van der Waals surface area contributed by atoms with Crippen molar-refractivity contribution in [1.29, 1.82) is 0 Å². The summed E-state index contributed by atoms with van der Waals surface area (Å²) in [7, 11) is 0. The van der Waals surface area contributed by atoms with Crippen LogP contribution in [0.2, 0.25) is 0 Å². The molecule has 0 saturated heterocycles. The molecule has 0 spiro atoms. The van der Waals surface area contributed by atoms with Crippen molar-refractivity contribution in [3.05, 3.63) is 35.9 Å². The third-order valence-electron chi connectivity index (χ3n) is 4.74. The number of carboxylic acid groups (broad SMARTS) is 1. The molecule has 1 rings (SSSR count). The number of aliphatic hydroxyl groups is 1. The number of nitrogens with two attached hydrogens (primary N) is 3. The van der Waals surface area contributed by atoms with Gasteiger partial charge in [-0.15, -0.1) is 0 Å². The Kier molecular flexibility index (Phi) is 12.0. The average Bonchev–Trinajstić information content (AvgIpc) is 2.78. The molecule has 11 N–H and O–H groups in total. The largest absolute Gasteiger partial charge is 0.480 e. The van der Waals surface area contributed by atoms with Crippen LogP contribution in [-0.2, 0) is 25.6 Å². The van der Waals surface area contributed by atoms with E-state index in [4.69, 9.17) is 17.2 Å². The summed E-state index contributed by atoms with van der Waals surface area (Å²) in [5.41, 5.74) is 16.8. The number of aliphatic hydroxyl groups excluding tert-OH is 1. The van der Waals surface area contributed by atoms with E-state index >= 15 is 0 Å². The molecule has 1 aromatic carbocycles. The summed E-state index contributed by atoms with van der Waals surface area (Å²) >= 11 is 0.